The molecule has 0 spiro atoms. The molecule has 0 radical (unpaired) electrons. The van der Waals surface area contributed by atoms with Crippen LogP contribution in [0, 0.1) is 0 Å². The molecule has 1 aliphatic carbocycles. The predicted octanol–water partition coefficient (Wildman–Crippen LogP) is 4.43. The maximum atomic E-state index is 9.94. The highest BCUT2D eigenvalue weighted by molar-refractivity contribution is 9.10. The standard InChI is InChI=1S/C17H17BrClNO/c18-14-2-1-13-10-17(11-21,8-7-12(13)9-14)20-16-5-3-15(19)4-6-16/h1-6,9,20-21H,7-8,10-11H2. The van der Waals surface area contributed by atoms with E-state index in [1.165, 1.54) is 11.1 Å². The number of aliphatic hydroxyl groups excluding tert-OH is 1. The van der Waals surface area contributed by atoms with Gasteiger partial charge < -0.3 is 10.4 Å². The molecule has 1 atom stereocenters. The summed E-state index contributed by atoms with van der Waals surface area (Å²) in [5.74, 6) is 0. The van der Waals surface area contributed by atoms with E-state index in [0.717, 1.165) is 34.4 Å². The Bertz CT molecular complexity index is 644. The van der Waals surface area contributed by atoms with Crippen LogP contribution in [-0.2, 0) is 12.8 Å². The lowest BCUT2D eigenvalue weighted by atomic mass is 9.78. The summed E-state index contributed by atoms with van der Waals surface area (Å²) in [5.41, 5.74) is 3.37. The first-order chi connectivity index (χ1) is 10.1. The summed E-state index contributed by atoms with van der Waals surface area (Å²) in [4.78, 5) is 0. The number of halogens is 2. The van der Waals surface area contributed by atoms with Crippen LogP contribution in [0.15, 0.2) is 46.9 Å². The second kappa shape index (κ2) is 5.99. The minimum atomic E-state index is -0.297. The Morgan fingerprint density at radius 2 is 1.90 bits per heavy atom. The number of hydrogen-bond donors (Lipinski definition) is 2. The molecule has 2 nitrogen and oxygen atoms in total. The van der Waals surface area contributed by atoms with E-state index in [1.54, 1.807) is 0 Å². The minimum Gasteiger partial charge on any atom is -0.394 e. The van der Waals surface area contributed by atoms with Gasteiger partial charge in [0.1, 0.15) is 0 Å². The van der Waals surface area contributed by atoms with Crippen molar-refractivity contribution >= 4 is 33.2 Å². The van der Waals surface area contributed by atoms with Crippen LogP contribution in [0.1, 0.15) is 17.5 Å². The molecule has 0 amide bonds. The predicted molar refractivity (Wildman–Crippen MR) is 91.1 cm³/mol. The molecule has 1 aliphatic rings. The fourth-order valence-electron chi connectivity index (χ4n) is 2.95. The number of fused-ring (bicyclic) bond motifs is 1. The van der Waals surface area contributed by atoms with Gasteiger partial charge in [-0.3, -0.25) is 0 Å². The summed E-state index contributed by atoms with van der Waals surface area (Å²) >= 11 is 9.44. The lowest BCUT2D eigenvalue weighted by Gasteiger charge is -2.38. The quantitative estimate of drug-likeness (QED) is 0.842. The Hall–Kier alpha value is -1.03. The van der Waals surface area contributed by atoms with E-state index < -0.39 is 0 Å². The van der Waals surface area contributed by atoms with Crippen LogP contribution in [0.5, 0.6) is 0 Å². The van der Waals surface area contributed by atoms with Gasteiger partial charge in [-0.25, -0.2) is 0 Å². The monoisotopic (exact) mass is 365 g/mol. The summed E-state index contributed by atoms with van der Waals surface area (Å²) in [5, 5.41) is 14.2. The Morgan fingerprint density at radius 3 is 2.62 bits per heavy atom. The molecule has 2 N–H and O–H groups in total. The van der Waals surface area contributed by atoms with Crippen LogP contribution < -0.4 is 5.32 Å². The number of aryl methyl sites for hydroxylation is 1. The molecule has 0 saturated carbocycles. The van der Waals surface area contributed by atoms with Crippen molar-refractivity contribution in [2.45, 2.75) is 24.8 Å². The molecule has 0 saturated heterocycles. The van der Waals surface area contributed by atoms with E-state index in [1.807, 2.05) is 24.3 Å². The second-order valence-corrected chi connectivity index (χ2v) is 7.01. The fourth-order valence-corrected chi connectivity index (χ4v) is 3.48. The molecule has 2 aromatic rings. The summed E-state index contributed by atoms with van der Waals surface area (Å²) in [6, 6.07) is 14.0. The Labute approximate surface area is 138 Å². The lowest BCUT2D eigenvalue weighted by molar-refractivity contribution is 0.196. The Balaban J connectivity index is 1.85. The smallest absolute Gasteiger partial charge is 0.0664 e. The highest BCUT2D eigenvalue weighted by Crippen LogP contribution is 2.33. The number of benzene rings is 2. The van der Waals surface area contributed by atoms with Crippen molar-refractivity contribution in [1.29, 1.82) is 0 Å². The zero-order chi connectivity index (χ0) is 14.9. The second-order valence-electron chi connectivity index (χ2n) is 5.66. The van der Waals surface area contributed by atoms with Crippen LogP contribution in [0.4, 0.5) is 5.69 Å². The van der Waals surface area contributed by atoms with Gasteiger partial charge in [0.2, 0.25) is 0 Å². The summed E-state index contributed by atoms with van der Waals surface area (Å²) in [7, 11) is 0. The highest BCUT2D eigenvalue weighted by Gasteiger charge is 2.33. The van der Waals surface area contributed by atoms with Gasteiger partial charge in [0.25, 0.3) is 0 Å². The molecule has 1 unspecified atom stereocenters. The number of nitrogens with one attached hydrogen (secondary N) is 1. The molecule has 3 rings (SSSR count). The van der Waals surface area contributed by atoms with Crippen LogP contribution in [-0.4, -0.2) is 17.3 Å². The van der Waals surface area contributed by atoms with Crippen molar-refractivity contribution in [2.24, 2.45) is 0 Å². The van der Waals surface area contributed by atoms with Crippen LogP contribution in [0.25, 0.3) is 0 Å². The molecular formula is C17H17BrClNO. The van der Waals surface area contributed by atoms with Crippen molar-refractivity contribution in [3.05, 3.63) is 63.1 Å². The van der Waals surface area contributed by atoms with Gasteiger partial charge in [-0.15, -0.1) is 0 Å². The number of hydrogen-bond acceptors (Lipinski definition) is 2. The molecule has 0 aliphatic heterocycles. The van der Waals surface area contributed by atoms with Gasteiger partial charge in [-0.05, 0) is 66.8 Å². The molecule has 4 heteroatoms. The average Bonchev–Trinajstić information content (AvgIpc) is 2.50. The molecule has 21 heavy (non-hydrogen) atoms. The van der Waals surface area contributed by atoms with Crippen molar-refractivity contribution in [3.63, 3.8) is 0 Å². The maximum absolute atomic E-state index is 9.94. The molecule has 0 fully saturated rings. The van der Waals surface area contributed by atoms with Crippen molar-refractivity contribution < 1.29 is 5.11 Å². The molecule has 2 aromatic carbocycles. The van der Waals surface area contributed by atoms with E-state index in [9.17, 15) is 5.11 Å². The van der Waals surface area contributed by atoms with Gasteiger partial charge in [0, 0.05) is 15.2 Å². The summed E-state index contributed by atoms with van der Waals surface area (Å²) < 4.78 is 1.11. The van der Waals surface area contributed by atoms with Crippen LogP contribution in [0.3, 0.4) is 0 Å². The third-order valence-corrected chi connectivity index (χ3v) is 4.87. The van der Waals surface area contributed by atoms with E-state index in [4.69, 9.17) is 11.6 Å². The van der Waals surface area contributed by atoms with E-state index in [-0.39, 0.29) is 12.1 Å². The maximum Gasteiger partial charge on any atom is 0.0664 e. The Kier molecular flexibility index (Phi) is 4.25. The average molecular weight is 367 g/mol. The van der Waals surface area contributed by atoms with Crippen molar-refractivity contribution in [1.82, 2.24) is 0 Å². The summed E-state index contributed by atoms with van der Waals surface area (Å²) in [6.45, 7) is 0.116. The molecule has 0 bridgehead atoms. The van der Waals surface area contributed by atoms with E-state index in [0.29, 0.717) is 0 Å². The normalized spacial score (nSPS) is 20.9. The van der Waals surface area contributed by atoms with E-state index >= 15 is 0 Å². The molecule has 0 heterocycles. The zero-order valence-electron chi connectivity index (χ0n) is 11.6. The SMILES string of the molecule is OCC1(Nc2ccc(Cl)cc2)CCc2cc(Br)ccc2C1. The first-order valence-corrected chi connectivity index (χ1v) is 8.19. The first kappa shape index (κ1) is 14.9. The van der Waals surface area contributed by atoms with Gasteiger partial charge in [-0.2, -0.15) is 0 Å². The number of anilines is 1. The largest absolute Gasteiger partial charge is 0.394 e. The topological polar surface area (TPSA) is 32.3 Å². The molecule has 110 valence electrons. The minimum absolute atomic E-state index is 0.116. The fraction of sp³-hybridized carbons (Fsp3) is 0.294. The van der Waals surface area contributed by atoms with Crippen molar-refractivity contribution in [3.8, 4) is 0 Å². The van der Waals surface area contributed by atoms with Gasteiger partial charge in [0.05, 0.1) is 12.1 Å². The first-order valence-electron chi connectivity index (χ1n) is 7.02. The van der Waals surface area contributed by atoms with Gasteiger partial charge in [-0.1, -0.05) is 33.6 Å². The zero-order valence-corrected chi connectivity index (χ0v) is 13.9. The third kappa shape index (κ3) is 3.25. The summed E-state index contributed by atoms with van der Waals surface area (Å²) in [6.07, 6.45) is 2.71. The Morgan fingerprint density at radius 1 is 1.14 bits per heavy atom. The number of aliphatic hydroxyl groups is 1. The van der Waals surface area contributed by atoms with Gasteiger partial charge >= 0.3 is 0 Å². The molecule has 0 aromatic heterocycles. The highest BCUT2D eigenvalue weighted by atomic mass is 79.9. The van der Waals surface area contributed by atoms with E-state index in [2.05, 4.69) is 39.4 Å². The lowest BCUT2D eigenvalue weighted by Crippen LogP contribution is -2.47. The van der Waals surface area contributed by atoms with Crippen LogP contribution >= 0.6 is 27.5 Å². The number of rotatable bonds is 3. The third-order valence-electron chi connectivity index (χ3n) is 4.13. The van der Waals surface area contributed by atoms with Crippen molar-refractivity contribution in [2.75, 3.05) is 11.9 Å². The van der Waals surface area contributed by atoms with Crippen LogP contribution in [0.2, 0.25) is 5.02 Å². The molecular weight excluding hydrogens is 350 g/mol. The van der Waals surface area contributed by atoms with Gasteiger partial charge in [0.15, 0.2) is 0 Å².